The molecule has 0 amide bonds. The van der Waals surface area contributed by atoms with Crippen molar-refractivity contribution in [2.24, 2.45) is 0 Å². The van der Waals surface area contributed by atoms with E-state index in [4.69, 9.17) is 11.6 Å². The van der Waals surface area contributed by atoms with Gasteiger partial charge in [-0.25, -0.2) is 9.67 Å². The summed E-state index contributed by atoms with van der Waals surface area (Å²) in [5.74, 6) is 0.388. The molecule has 9 heteroatoms. The first-order valence-corrected chi connectivity index (χ1v) is 8.80. The molecule has 5 nitrogen and oxygen atoms in total. The maximum Gasteiger partial charge on any atom is 0.435 e. The van der Waals surface area contributed by atoms with E-state index in [0.717, 1.165) is 11.4 Å². The molecule has 0 aliphatic rings. The highest BCUT2D eigenvalue weighted by Crippen LogP contribution is 2.39. The smallest absolute Gasteiger partial charge is 0.233 e. The Morgan fingerprint density at radius 1 is 0.929 bits per heavy atom. The van der Waals surface area contributed by atoms with E-state index in [1.54, 1.807) is 17.7 Å². The third-order valence-electron chi connectivity index (χ3n) is 4.33. The van der Waals surface area contributed by atoms with Gasteiger partial charge >= 0.3 is 6.18 Å². The highest BCUT2D eigenvalue weighted by Gasteiger charge is 2.39. The van der Waals surface area contributed by atoms with E-state index >= 15 is 0 Å². The minimum atomic E-state index is -4.65. The number of hydrogen-bond acceptors (Lipinski definition) is 3. The lowest BCUT2D eigenvalue weighted by Gasteiger charge is -2.09. The molecule has 0 aliphatic carbocycles. The fraction of sp³-hybridized carbons (Fsp3) is 0.211. The lowest BCUT2D eigenvalue weighted by Crippen LogP contribution is -2.10. The topological polar surface area (TPSA) is 48.0 Å². The number of alkyl halides is 3. The molecule has 3 heterocycles. The number of hydrogen-bond donors (Lipinski definition) is 0. The molecule has 144 valence electrons. The lowest BCUT2D eigenvalue weighted by molar-refractivity contribution is -0.140. The zero-order valence-electron chi connectivity index (χ0n) is 15.2. The molecule has 4 rings (SSSR count). The molecule has 4 aromatic rings. The van der Waals surface area contributed by atoms with Gasteiger partial charge in [0.1, 0.15) is 0 Å². The van der Waals surface area contributed by atoms with E-state index in [1.165, 1.54) is 28.8 Å². The summed E-state index contributed by atoms with van der Waals surface area (Å²) in [6.45, 7) is 5.37. The first-order valence-electron chi connectivity index (χ1n) is 8.42. The lowest BCUT2D eigenvalue weighted by atomic mass is 10.1. The van der Waals surface area contributed by atoms with Crippen molar-refractivity contribution in [2.45, 2.75) is 26.9 Å². The Balaban J connectivity index is 2.11. The molecule has 0 fully saturated rings. The van der Waals surface area contributed by atoms with Crippen LogP contribution in [0.3, 0.4) is 0 Å². The fourth-order valence-corrected chi connectivity index (χ4v) is 3.34. The highest BCUT2D eigenvalue weighted by molar-refractivity contribution is 6.30. The van der Waals surface area contributed by atoms with E-state index in [1.807, 2.05) is 19.9 Å². The number of fused-ring (bicyclic) bond motifs is 1. The van der Waals surface area contributed by atoms with Crippen molar-refractivity contribution < 1.29 is 13.2 Å². The van der Waals surface area contributed by atoms with Gasteiger partial charge in [0.15, 0.2) is 17.2 Å². The van der Waals surface area contributed by atoms with Crippen molar-refractivity contribution in [3.8, 4) is 16.9 Å². The molecule has 28 heavy (non-hydrogen) atoms. The van der Waals surface area contributed by atoms with E-state index in [-0.39, 0.29) is 11.2 Å². The van der Waals surface area contributed by atoms with Gasteiger partial charge in [-0.15, -0.1) is 0 Å². The number of halogens is 4. The van der Waals surface area contributed by atoms with Crippen molar-refractivity contribution in [1.29, 1.82) is 0 Å². The minimum Gasteiger partial charge on any atom is -0.233 e. The van der Waals surface area contributed by atoms with Gasteiger partial charge in [-0.05, 0) is 44.5 Å². The zero-order valence-corrected chi connectivity index (χ0v) is 16.0. The predicted octanol–water partition coefficient (Wildman–Crippen LogP) is 5.18. The third kappa shape index (κ3) is 3.03. The van der Waals surface area contributed by atoms with Gasteiger partial charge in [-0.2, -0.15) is 27.9 Å². The van der Waals surface area contributed by atoms with E-state index in [9.17, 15) is 13.2 Å². The van der Waals surface area contributed by atoms with Crippen molar-refractivity contribution in [3.63, 3.8) is 0 Å². The van der Waals surface area contributed by atoms with E-state index in [0.29, 0.717) is 22.1 Å². The number of aromatic nitrogens is 5. The maximum absolute atomic E-state index is 13.8. The summed E-state index contributed by atoms with van der Waals surface area (Å²) in [6.07, 6.45) is -4.65. The molecule has 0 spiro atoms. The van der Waals surface area contributed by atoms with Crippen LogP contribution in [-0.4, -0.2) is 24.4 Å². The molecule has 0 radical (unpaired) electrons. The number of benzene rings is 1. The Kier molecular flexibility index (Phi) is 4.19. The van der Waals surface area contributed by atoms with Crippen LogP contribution in [0.25, 0.3) is 22.6 Å². The van der Waals surface area contributed by atoms with Crippen LogP contribution in [0.1, 0.15) is 22.8 Å². The highest BCUT2D eigenvalue weighted by atomic mass is 35.5. The summed E-state index contributed by atoms with van der Waals surface area (Å²) in [7, 11) is 0. The van der Waals surface area contributed by atoms with Crippen molar-refractivity contribution in [1.82, 2.24) is 24.4 Å². The van der Waals surface area contributed by atoms with Crippen LogP contribution in [0.4, 0.5) is 13.2 Å². The largest absolute Gasteiger partial charge is 0.435 e. The molecule has 0 unspecified atom stereocenters. The molecule has 1 aromatic carbocycles. The summed E-state index contributed by atoms with van der Waals surface area (Å²) in [4.78, 5) is 4.36. The number of rotatable bonds is 2. The quantitative estimate of drug-likeness (QED) is 0.461. The van der Waals surface area contributed by atoms with E-state index in [2.05, 4.69) is 15.2 Å². The van der Waals surface area contributed by atoms with Crippen molar-refractivity contribution >= 4 is 17.2 Å². The summed E-state index contributed by atoms with van der Waals surface area (Å²) < 4.78 is 44.2. The molecule has 0 aliphatic heterocycles. The van der Waals surface area contributed by atoms with Gasteiger partial charge in [0.2, 0.25) is 0 Å². The summed E-state index contributed by atoms with van der Waals surface area (Å²) in [5.41, 5.74) is 1.44. The summed E-state index contributed by atoms with van der Waals surface area (Å²) in [6, 6.07) is 9.64. The minimum absolute atomic E-state index is 0.0874. The first kappa shape index (κ1) is 18.5. The van der Waals surface area contributed by atoms with Gasteiger partial charge in [0.25, 0.3) is 0 Å². The van der Waals surface area contributed by atoms with Crippen LogP contribution in [0, 0.1) is 20.8 Å². The van der Waals surface area contributed by atoms with Gasteiger partial charge in [-0.1, -0.05) is 23.7 Å². The van der Waals surface area contributed by atoms with Crippen molar-refractivity contribution in [2.75, 3.05) is 0 Å². The van der Waals surface area contributed by atoms with Gasteiger partial charge in [-0.3, -0.25) is 0 Å². The monoisotopic (exact) mass is 405 g/mol. The standard InChI is InChI=1S/C19H15ClF3N5/c1-10-9-15(27-12(3)8-11(2)25-27)28-18(24-10)16(17(26-28)19(21,22)23)13-4-6-14(20)7-5-13/h4-9H,1-3H3. The number of aryl methyl sites for hydroxylation is 3. The third-order valence-corrected chi connectivity index (χ3v) is 4.58. The van der Waals surface area contributed by atoms with Crippen LogP contribution < -0.4 is 0 Å². The fourth-order valence-electron chi connectivity index (χ4n) is 3.21. The van der Waals surface area contributed by atoms with Crippen LogP contribution in [0.5, 0.6) is 0 Å². The Morgan fingerprint density at radius 2 is 1.61 bits per heavy atom. The molecule has 0 saturated carbocycles. The van der Waals surface area contributed by atoms with Gasteiger partial charge in [0, 0.05) is 22.5 Å². The SMILES string of the molecule is Cc1cc(-n2nc(C)cc2C)n2nc(C(F)(F)F)c(-c3ccc(Cl)cc3)c2n1. The molecule has 0 atom stereocenters. The van der Waals surface area contributed by atoms with Gasteiger partial charge < -0.3 is 0 Å². The second-order valence-corrected chi connectivity index (χ2v) is 6.99. The van der Waals surface area contributed by atoms with Crippen LogP contribution >= 0.6 is 11.6 Å². The molecule has 3 aromatic heterocycles. The average molecular weight is 406 g/mol. The first-order chi connectivity index (χ1) is 13.1. The molecule has 0 N–H and O–H groups in total. The normalized spacial score (nSPS) is 12.1. The predicted molar refractivity (Wildman–Crippen MR) is 99.8 cm³/mol. The van der Waals surface area contributed by atoms with E-state index < -0.39 is 11.9 Å². The Hall–Kier alpha value is -2.87. The average Bonchev–Trinajstić information content (AvgIpc) is 3.14. The Morgan fingerprint density at radius 3 is 2.18 bits per heavy atom. The summed E-state index contributed by atoms with van der Waals surface area (Å²) in [5, 5.41) is 8.70. The second kappa shape index (κ2) is 6.34. The Labute approximate surface area is 163 Å². The summed E-state index contributed by atoms with van der Waals surface area (Å²) >= 11 is 5.90. The second-order valence-electron chi connectivity index (χ2n) is 6.56. The van der Waals surface area contributed by atoms with Gasteiger partial charge in [0.05, 0.1) is 11.3 Å². The molecule has 0 saturated heterocycles. The van der Waals surface area contributed by atoms with Crippen LogP contribution in [-0.2, 0) is 6.18 Å². The maximum atomic E-state index is 13.8. The molecule has 0 bridgehead atoms. The van der Waals surface area contributed by atoms with Crippen molar-refractivity contribution in [3.05, 3.63) is 64.2 Å². The molecular weight excluding hydrogens is 391 g/mol. The van der Waals surface area contributed by atoms with Crippen LogP contribution in [0.15, 0.2) is 36.4 Å². The Bertz CT molecular complexity index is 1190. The van der Waals surface area contributed by atoms with Crippen LogP contribution in [0.2, 0.25) is 5.02 Å². The zero-order chi connectivity index (χ0) is 20.2. The molecular formula is C19H15ClF3N5. The number of nitrogens with zero attached hydrogens (tertiary/aromatic N) is 5.